The van der Waals surface area contributed by atoms with E-state index in [1.54, 1.807) is 0 Å². The Morgan fingerprint density at radius 1 is 1.10 bits per heavy atom. The van der Waals surface area contributed by atoms with Gasteiger partial charge in [-0.1, -0.05) is 12.1 Å². The first kappa shape index (κ1) is 17.8. The monoisotopic (exact) mass is 325 g/mol. The molecule has 0 aliphatic heterocycles. The summed E-state index contributed by atoms with van der Waals surface area (Å²) < 4.78 is 37.3. The normalized spacial score (nSPS) is 12.3. The van der Waals surface area contributed by atoms with E-state index in [-0.39, 0.29) is 10.5 Å². The third-order valence-electron chi connectivity index (χ3n) is 2.64. The highest BCUT2D eigenvalue weighted by Crippen LogP contribution is 2.38. The number of rotatable bonds is 6. The highest BCUT2D eigenvalue weighted by molar-refractivity contribution is 8.00. The van der Waals surface area contributed by atoms with E-state index >= 15 is 0 Å². The fourth-order valence-electron chi connectivity index (χ4n) is 1.44. The van der Waals surface area contributed by atoms with Crippen LogP contribution in [-0.2, 0) is 0 Å². The molecule has 4 N–H and O–H groups in total. The second-order valence-electron chi connectivity index (χ2n) is 4.25. The summed E-state index contributed by atoms with van der Waals surface area (Å²) in [6.07, 6.45) is 0. The zero-order valence-corrected chi connectivity index (χ0v) is 11.5. The van der Waals surface area contributed by atoms with Crippen LogP contribution >= 0.6 is 11.8 Å². The summed E-state index contributed by atoms with van der Waals surface area (Å²) in [5, 5.41) is 29.5. The summed E-state index contributed by atoms with van der Waals surface area (Å²) in [6, 6.07) is 5.04. The van der Waals surface area contributed by atoms with Crippen molar-refractivity contribution in [3.8, 4) is 0 Å². The maximum atomic E-state index is 12.4. The topological polar surface area (TPSA) is 89.8 Å². The van der Waals surface area contributed by atoms with Crippen LogP contribution in [0.15, 0.2) is 29.2 Å². The second-order valence-corrected chi connectivity index (χ2v) is 5.36. The summed E-state index contributed by atoms with van der Waals surface area (Å²) in [4.78, 5) is 11.7. The van der Waals surface area contributed by atoms with E-state index in [9.17, 15) is 18.0 Å². The molecule has 0 aliphatic carbocycles. The fraction of sp³-hybridized carbons (Fsp3) is 0.417. The van der Waals surface area contributed by atoms with Crippen LogP contribution in [0.5, 0.6) is 0 Å². The predicted octanol–water partition coefficient (Wildman–Crippen LogP) is 0.744. The highest BCUT2D eigenvalue weighted by atomic mass is 32.2. The number of halogens is 3. The van der Waals surface area contributed by atoms with Crippen LogP contribution in [0.2, 0.25) is 0 Å². The lowest BCUT2D eigenvalue weighted by molar-refractivity contribution is -0.0328. The molecular weight excluding hydrogens is 311 g/mol. The van der Waals surface area contributed by atoms with Crippen LogP contribution in [0.1, 0.15) is 10.4 Å². The van der Waals surface area contributed by atoms with Crippen molar-refractivity contribution in [1.82, 2.24) is 5.32 Å². The third kappa shape index (κ3) is 4.88. The number of nitrogens with one attached hydrogen (secondary N) is 1. The number of aliphatic hydroxyl groups is 3. The van der Waals surface area contributed by atoms with Crippen LogP contribution in [-0.4, -0.2) is 52.1 Å². The molecular formula is C12H14F3NO4S. The molecule has 0 aromatic heterocycles. The molecule has 0 atom stereocenters. The Morgan fingerprint density at radius 2 is 1.62 bits per heavy atom. The van der Waals surface area contributed by atoms with Gasteiger partial charge < -0.3 is 20.6 Å². The molecule has 0 fully saturated rings. The maximum Gasteiger partial charge on any atom is 0.446 e. The lowest BCUT2D eigenvalue weighted by Crippen LogP contribution is -2.57. The van der Waals surface area contributed by atoms with Crippen molar-refractivity contribution in [3.63, 3.8) is 0 Å². The molecule has 0 spiro atoms. The summed E-state index contributed by atoms with van der Waals surface area (Å²) in [6.45, 7) is -2.29. The van der Waals surface area contributed by atoms with Gasteiger partial charge in [0.05, 0.1) is 25.4 Å². The number of thioether (sulfide) groups is 1. The molecule has 0 saturated carbocycles. The maximum absolute atomic E-state index is 12.4. The molecule has 1 aromatic rings. The van der Waals surface area contributed by atoms with Gasteiger partial charge in [0.25, 0.3) is 5.91 Å². The number of alkyl halides is 3. The quantitative estimate of drug-likeness (QED) is 0.580. The summed E-state index contributed by atoms with van der Waals surface area (Å²) in [5.41, 5.74) is -6.52. The predicted molar refractivity (Wildman–Crippen MR) is 69.8 cm³/mol. The minimum atomic E-state index is -4.56. The molecule has 0 bridgehead atoms. The molecule has 9 heteroatoms. The van der Waals surface area contributed by atoms with Crippen molar-refractivity contribution in [3.05, 3.63) is 29.8 Å². The van der Waals surface area contributed by atoms with Crippen LogP contribution in [0.3, 0.4) is 0 Å². The Kier molecular flexibility index (Phi) is 6.02. The molecule has 0 radical (unpaired) electrons. The minimum Gasteiger partial charge on any atom is -0.394 e. The van der Waals surface area contributed by atoms with Gasteiger partial charge in [0, 0.05) is 4.90 Å². The highest BCUT2D eigenvalue weighted by Gasteiger charge is 2.34. The molecule has 1 rings (SSSR count). The number of carbonyl (C=O) groups excluding carboxylic acids is 1. The molecule has 118 valence electrons. The Hall–Kier alpha value is -1.29. The molecule has 0 aliphatic rings. The van der Waals surface area contributed by atoms with E-state index in [0.717, 1.165) is 6.07 Å². The van der Waals surface area contributed by atoms with E-state index in [4.69, 9.17) is 15.3 Å². The van der Waals surface area contributed by atoms with Crippen LogP contribution in [0, 0.1) is 0 Å². The Morgan fingerprint density at radius 3 is 2.10 bits per heavy atom. The molecule has 1 amide bonds. The van der Waals surface area contributed by atoms with Crippen molar-refractivity contribution >= 4 is 17.7 Å². The van der Waals surface area contributed by atoms with Gasteiger partial charge in [0.1, 0.15) is 5.54 Å². The van der Waals surface area contributed by atoms with Crippen molar-refractivity contribution in [1.29, 1.82) is 0 Å². The van der Waals surface area contributed by atoms with E-state index in [1.165, 1.54) is 18.2 Å². The summed E-state index contributed by atoms with van der Waals surface area (Å²) >= 11 is -0.444. The first-order valence-corrected chi connectivity index (χ1v) is 6.58. The van der Waals surface area contributed by atoms with Gasteiger partial charge in [0.2, 0.25) is 0 Å². The number of hydrogen-bond donors (Lipinski definition) is 4. The average molecular weight is 325 g/mol. The zero-order valence-electron chi connectivity index (χ0n) is 10.7. The van der Waals surface area contributed by atoms with E-state index in [2.05, 4.69) is 5.32 Å². The Bertz CT molecular complexity index is 483. The standard InChI is InChI=1S/C12H14F3NO4S/c13-12(14,15)21-9-4-2-1-3-8(9)10(20)16-11(5-17,6-18)7-19/h1-4,17-19H,5-7H2,(H,16,20). The van der Waals surface area contributed by atoms with Crippen LogP contribution < -0.4 is 5.32 Å². The molecule has 0 saturated heterocycles. The number of carbonyl (C=O) groups is 1. The van der Waals surface area contributed by atoms with Gasteiger partial charge >= 0.3 is 5.51 Å². The second kappa shape index (κ2) is 7.12. The number of benzene rings is 1. The van der Waals surface area contributed by atoms with Crippen molar-refractivity contribution < 1.29 is 33.3 Å². The van der Waals surface area contributed by atoms with Crippen molar-refractivity contribution in [2.75, 3.05) is 19.8 Å². The lowest BCUT2D eigenvalue weighted by atomic mass is 10.0. The average Bonchev–Trinajstić information content (AvgIpc) is 2.43. The van der Waals surface area contributed by atoms with Gasteiger partial charge in [-0.25, -0.2) is 0 Å². The molecule has 1 aromatic carbocycles. The van der Waals surface area contributed by atoms with Crippen molar-refractivity contribution in [2.24, 2.45) is 0 Å². The first-order valence-electron chi connectivity index (χ1n) is 5.77. The Balaban J connectivity index is 3.03. The third-order valence-corrected chi connectivity index (χ3v) is 3.45. The molecule has 5 nitrogen and oxygen atoms in total. The van der Waals surface area contributed by atoms with Gasteiger partial charge in [-0.3, -0.25) is 4.79 Å². The zero-order chi connectivity index (χ0) is 16.1. The SMILES string of the molecule is O=C(NC(CO)(CO)CO)c1ccccc1SC(F)(F)F. The molecule has 0 unspecified atom stereocenters. The van der Waals surface area contributed by atoms with E-state index in [1.807, 2.05) is 0 Å². The van der Waals surface area contributed by atoms with E-state index < -0.39 is 48.5 Å². The Labute approximate surface area is 122 Å². The fourth-order valence-corrected chi connectivity index (χ4v) is 2.11. The van der Waals surface area contributed by atoms with Gasteiger partial charge in [-0.15, -0.1) is 0 Å². The van der Waals surface area contributed by atoms with Gasteiger partial charge in [-0.2, -0.15) is 13.2 Å². The first-order chi connectivity index (χ1) is 9.77. The minimum absolute atomic E-state index is 0.264. The number of hydrogen-bond acceptors (Lipinski definition) is 5. The van der Waals surface area contributed by atoms with Crippen molar-refractivity contribution in [2.45, 2.75) is 15.9 Å². The van der Waals surface area contributed by atoms with Crippen LogP contribution in [0.25, 0.3) is 0 Å². The number of amides is 1. The molecule has 0 heterocycles. The van der Waals surface area contributed by atoms with Gasteiger partial charge in [-0.05, 0) is 23.9 Å². The number of aliphatic hydroxyl groups excluding tert-OH is 3. The largest absolute Gasteiger partial charge is 0.446 e. The van der Waals surface area contributed by atoms with Gasteiger partial charge in [0.15, 0.2) is 0 Å². The lowest BCUT2D eigenvalue weighted by Gasteiger charge is -2.29. The summed E-state index contributed by atoms with van der Waals surface area (Å²) in [7, 11) is 0. The molecule has 21 heavy (non-hydrogen) atoms. The van der Waals surface area contributed by atoms with Crippen LogP contribution in [0.4, 0.5) is 13.2 Å². The van der Waals surface area contributed by atoms with E-state index in [0.29, 0.717) is 0 Å². The smallest absolute Gasteiger partial charge is 0.394 e. The summed E-state index contributed by atoms with van der Waals surface area (Å²) in [5.74, 6) is -0.931.